The number of H-pyrrole nitrogens is 1. The molecule has 0 saturated carbocycles. The lowest BCUT2D eigenvalue weighted by atomic mass is 10.1. The highest BCUT2D eigenvalue weighted by atomic mass is 16.3. The number of nitrogens with zero attached hydrogens (tertiary/aromatic N) is 1. The fourth-order valence-electron chi connectivity index (χ4n) is 2.60. The summed E-state index contributed by atoms with van der Waals surface area (Å²) < 4.78 is 0. The molecule has 108 valence electrons. The van der Waals surface area contributed by atoms with E-state index in [1.54, 1.807) is 0 Å². The van der Waals surface area contributed by atoms with Crippen LogP contribution in [0.1, 0.15) is 22.5 Å². The molecule has 2 aromatic carbocycles. The van der Waals surface area contributed by atoms with Gasteiger partial charge < -0.3 is 15.4 Å². The van der Waals surface area contributed by atoms with Crippen LogP contribution in [0.2, 0.25) is 0 Å². The van der Waals surface area contributed by atoms with Crippen LogP contribution in [0.4, 0.5) is 5.69 Å². The van der Waals surface area contributed by atoms with Crippen molar-refractivity contribution in [2.75, 3.05) is 5.32 Å². The van der Waals surface area contributed by atoms with Crippen LogP contribution >= 0.6 is 0 Å². The number of hydrogen-bond acceptors (Lipinski definition) is 3. The predicted molar refractivity (Wildman–Crippen MR) is 85.7 cm³/mol. The van der Waals surface area contributed by atoms with Crippen molar-refractivity contribution < 1.29 is 5.11 Å². The number of aromatic hydroxyl groups is 1. The number of aromatic nitrogens is 2. The zero-order valence-corrected chi connectivity index (χ0v) is 12.5. The zero-order valence-electron chi connectivity index (χ0n) is 12.5. The van der Waals surface area contributed by atoms with Gasteiger partial charge in [-0.2, -0.15) is 0 Å². The first kappa shape index (κ1) is 13.5. The fraction of sp³-hybridized carbons (Fsp3) is 0.235. The second-order valence-corrected chi connectivity index (χ2v) is 5.49. The van der Waals surface area contributed by atoms with E-state index in [9.17, 15) is 5.11 Å². The van der Waals surface area contributed by atoms with Crippen molar-refractivity contribution in [3.63, 3.8) is 0 Å². The molecule has 0 unspecified atom stereocenters. The maximum absolute atomic E-state index is 9.81. The quantitative estimate of drug-likeness (QED) is 0.684. The summed E-state index contributed by atoms with van der Waals surface area (Å²) in [6.07, 6.45) is 0. The summed E-state index contributed by atoms with van der Waals surface area (Å²) in [6, 6.07) is 10.1. The normalized spacial score (nSPS) is 11.0. The van der Waals surface area contributed by atoms with E-state index in [1.807, 2.05) is 45.0 Å². The molecule has 0 saturated heterocycles. The first-order valence-corrected chi connectivity index (χ1v) is 7.02. The van der Waals surface area contributed by atoms with Gasteiger partial charge in [0.1, 0.15) is 11.6 Å². The zero-order chi connectivity index (χ0) is 15.0. The predicted octanol–water partition coefficient (Wildman–Crippen LogP) is 3.81. The molecule has 0 aliphatic carbocycles. The number of hydrogen-bond donors (Lipinski definition) is 3. The lowest BCUT2D eigenvalue weighted by Gasteiger charge is -2.10. The van der Waals surface area contributed by atoms with Crippen LogP contribution < -0.4 is 5.32 Å². The van der Waals surface area contributed by atoms with E-state index in [2.05, 4.69) is 21.4 Å². The van der Waals surface area contributed by atoms with E-state index in [4.69, 9.17) is 0 Å². The van der Waals surface area contributed by atoms with Crippen LogP contribution in [0, 0.1) is 20.8 Å². The molecule has 3 rings (SSSR count). The number of rotatable bonds is 3. The average Bonchev–Trinajstić information content (AvgIpc) is 2.81. The number of imidazole rings is 1. The molecule has 1 heterocycles. The van der Waals surface area contributed by atoms with Gasteiger partial charge in [0.05, 0.1) is 11.0 Å². The third-order valence-corrected chi connectivity index (χ3v) is 3.65. The number of fused-ring (bicyclic) bond motifs is 1. The number of aromatic amines is 1. The maximum atomic E-state index is 9.81. The molecule has 3 N–H and O–H groups in total. The van der Waals surface area contributed by atoms with Gasteiger partial charge in [-0.15, -0.1) is 0 Å². The van der Waals surface area contributed by atoms with Gasteiger partial charge in [-0.25, -0.2) is 4.98 Å². The van der Waals surface area contributed by atoms with Gasteiger partial charge in [0, 0.05) is 12.2 Å². The first-order valence-electron chi connectivity index (χ1n) is 7.02. The summed E-state index contributed by atoms with van der Waals surface area (Å²) in [4.78, 5) is 7.63. The largest absolute Gasteiger partial charge is 0.507 e. The number of phenols is 1. The van der Waals surface area contributed by atoms with Crippen molar-refractivity contribution in [2.24, 2.45) is 0 Å². The SMILES string of the molecule is Cc1nc2ccc(NCc3cc(C)c(O)c(C)c3)cc2[nH]1. The third kappa shape index (κ3) is 2.70. The van der Waals surface area contributed by atoms with Crippen LogP contribution in [0.25, 0.3) is 11.0 Å². The molecule has 0 amide bonds. The monoisotopic (exact) mass is 281 g/mol. The third-order valence-electron chi connectivity index (χ3n) is 3.65. The Hall–Kier alpha value is -2.49. The number of benzene rings is 2. The Labute approximate surface area is 123 Å². The number of aryl methyl sites for hydroxylation is 3. The van der Waals surface area contributed by atoms with E-state index in [-0.39, 0.29) is 0 Å². The van der Waals surface area contributed by atoms with Gasteiger partial charge in [-0.05, 0) is 55.7 Å². The molecule has 4 nitrogen and oxygen atoms in total. The summed E-state index contributed by atoms with van der Waals surface area (Å²) in [7, 11) is 0. The molecule has 0 spiro atoms. The lowest BCUT2D eigenvalue weighted by Crippen LogP contribution is -2.00. The van der Waals surface area contributed by atoms with Crippen LogP contribution in [0.3, 0.4) is 0 Å². The minimum absolute atomic E-state index is 0.383. The number of nitrogens with one attached hydrogen (secondary N) is 2. The van der Waals surface area contributed by atoms with E-state index < -0.39 is 0 Å². The summed E-state index contributed by atoms with van der Waals surface area (Å²) in [5, 5.41) is 13.2. The van der Waals surface area contributed by atoms with E-state index in [0.29, 0.717) is 5.75 Å². The van der Waals surface area contributed by atoms with Crippen LogP contribution in [0.15, 0.2) is 30.3 Å². The van der Waals surface area contributed by atoms with Crippen LogP contribution in [0.5, 0.6) is 5.75 Å². The summed E-state index contributed by atoms with van der Waals surface area (Å²) >= 11 is 0. The Morgan fingerprint density at radius 2 is 1.81 bits per heavy atom. The van der Waals surface area contributed by atoms with Crippen molar-refractivity contribution in [3.05, 3.63) is 52.8 Å². The minimum Gasteiger partial charge on any atom is -0.507 e. The second kappa shape index (κ2) is 5.13. The molecule has 0 fully saturated rings. The van der Waals surface area contributed by atoms with Gasteiger partial charge in [0.25, 0.3) is 0 Å². The smallest absolute Gasteiger partial charge is 0.121 e. The molecule has 0 aliphatic rings. The topological polar surface area (TPSA) is 60.9 Å². The average molecular weight is 281 g/mol. The van der Waals surface area contributed by atoms with Crippen molar-refractivity contribution >= 4 is 16.7 Å². The van der Waals surface area contributed by atoms with E-state index >= 15 is 0 Å². The second-order valence-electron chi connectivity index (χ2n) is 5.49. The van der Waals surface area contributed by atoms with Gasteiger partial charge in [0.15, 0.2) is 0 Å². The fourth-order valence-corrected chi connectivity index (χ4v) is 2.60. The summed E-state index contributed by atoms with van der Waals surface area (Å²) in [6.45, 7) is 6.52. The Morgan fingerprint density at radius 3 is 2.52 bits per heavy atom. The standard InChI is InChI=1S/C17H19N3O/c1-10-6-13(7-11(2)17(10)21)9-18-14-4-5-15-16(8-14)20-12(3)19-15/h4-8,18,21H,9H2,1-3H3,(H,19,20). The molecule has 0 bridgehead atoms. The van der Waals surface area contributed by atoms with Crippen LogP contribution in [-0.2, 0) is 6.54 Å². The number of phenolic OH excluding ortho intramolecular Hbond substituents is 1. The molecule has 1 aromatic heterocycles. The Balaban J connectivity index is 1.79. The Morgan fingerprint density at radius 1 is 1.10 bits per heavy atom. The van der Waals surface area contributed by atoms with Gasteiger partial charge in [-0.1, -0.05) is 12.1 Å². The highest BCUT2D eigenvalue weighted by Crippen LogP contribution is 2.24. The molecular weight excluding hydrogens is 262 g/mol. The van der Waals surface area contributed by atoms with E-state index in [0.717, 1.165) is 45.8 Å². The maximum Gasteiger partial charge on any atom is 0.121 e. The highest BCUT2D eigenvalue weighted by Gasteiger charge is 2.04. The van der Waals surface area contributed by atoms with Gasteiger partial charge >= 0.3 is 0 Å². The molecule has 0 atom stereocenters. The highest BCUT2D eigenvalue weighted by molar-refractivity contribution is 5.79. The molecule has 21 heavy (non-hydrogen) atoms. The van der Waals surface area contributed by atoms with Gasteiger partial charge in [0.2, 0.25) is 0 Å². The van der Waals surface area contributed by atoms with Crippen molar-refractivity contribution in [3.8, 4) is 5.75 Å². The molecule has 4 heteroatoms. The summed E-state index contributed by atoms with van der Waals surface area (Å²) in [5.41, 5.74) is 6.04. The van der Waals surface area contributed by atoms with Crippen molar-refractivity contribution in [1.29, 1.82) is 0 Å². The lowest BCUT2D eigenvalue weighted by molar-refractivity contribution is 0.466. The van der Waals surface area contributed by atoms with E-state index in [1.165, 1.54) is 0 Å². The molecular formula is C17H19N3O. The number of anilines is 1. The summed E-state index contributed by atoms with van der Waals surface area (Å²) in [5.74, 6) is 1.31. The van der Waals surface area contributed by atoms with Crippen molar-refractivity contribution in [2.45, 2.75) is 27.3 Å². The first-order chi connectivity index (χ1) is 10.0. The minimum atomic E-state index is 0.383. The molecule has 0 aliphatic heterocycles. The van der Waals surface area contributed by atoms with Gasteiger partial charge in [-0.3, -0.25) is 0 Å². The van der Waals surface area contributed by atoms with Crippen LogP contribution in [-0.4, -0.2) is 15.1 Å². The Bertz CT molecular complexity index is 782. The Kier molecular flexibility index (Phi) is 3.29. The molecule has 3 aromatic rings. The molecule has 0 radical (unpaired) electrons. The van der Waals surface area contributed by atoms with Crippen molar-refractivity contribution in [1.82, 2.24) is 9.97 Å².